The number of carbonyl (C=O) groups excluding carboxylic acids is 3. The normalized spacial score (nSPS) is 10.5. The molecule has 0 radical (unpaired) electrons. The van der Waals surface area contributed by atoms with E-state index in [4.69, 9.17) is 20.9 Å². The minimum atomic E-state index is -1.21. The molecular formula is C24H22F3N5O5. The predicted octanol–water partition coefficient (Wildman–Crippen LogP) is 3.11. The topological polar surface area (TPSA) is 150 Å². The van der Waals surface area contributed by atoms with Crippen molar-refractivity contribution in [2.24, 2.45) is 11.5 Å². The highest BCUT2D eigenvalue weighted by Gasteiger charge is 2.25. The molecule has 1 heterocycles. The monoisotopic (exact) mass is 517 g/mol. The van der Waals surface area contributed by atoms with E-state index < -0.39 is 41.2 Å². The number of hydrogen-bond acceptors (Lipinski definition) is 7. The van der Waals surface area contributed by atoms with Crippen LogP contribution in [0, 0.1) is 17.5 Å². The summed E-state index contributed by atoms with van der Waals surface area (Å²) in [5, 5.41) is 2.38. The van der Waals surface area contributed by atoms with Gasteiger partial charge in [-0.2, -0.15) is 0 Å². The maximum absolute atomic E-state index is 14.4. The highest BCUT2D eigenvalue weighted by atomic mass is 19.1. The molecule has 0 saturated carbocycles. The average Bonchev–Trinajstić information content (AvgIpc) is 2.87. The number of hydrogen-bond donors (Lipinski definition) is 3. The Labute approximate surface area is 209 Å². The number of aromatic nitrogens is 1. The average molecular weight is 517 g/mol. The van der Waals surface area contributed by atoms with Crippen molar-refractivity contribution in [1.29, 1.82) is 0 Å². The van der Waals surface area contributed by atoms with E-state index in [1.807, 2.05) is 0 Å². The summed E-state index contributed by atoms with van der Waals surface area (Å²) >= 11 is 0. The third-order valence-corrected chi connectivity index (χ3v) is 4.85. The van der Waals surface area contributed by atoms with Crippen LogP contribution in [0.3, 0.4) is 0 Å². The SMILES string of the molecule is NCC(=O)OCCNC(=O)OCc1ccc(N(C(N)=O)c2c(F)cccc2F)nc1-c1ccc(F)cc1. The first-order valence-corrected chi connectivity index (χ1v) is 10.8. The molecule has 3 aromatic rings. The lowest BCUT2D eigenvalue weighted by atomic mass is 10.1. The number of pyridine rings is 1. The summed E-state index contributed by atoms with van der Waals surface area (Å²) in [6, 6.07) is 9.57. The molecule has 0 unspecified atom stereocenters. The van der Waals surface area contributed by atoms with Gasteiger partial charge < -0.3 is 26.3 Å². The van der Waals surface area contributed by atoms with Crippen molar-refractivity contribution in [2.75, 3.05) is 24.6 Å². The molecule has 0 saturated heterocycles. The Hall–Kier alpha value is -4.65. The van der Waals surface area contributed by atoms with Crippen LogP contribution in [0.4, 0.5) is 34.3 Å². The van der Waals surface area contributed by atoms with Crippen LogP contribution in [0.1, 0.15) is 5.56 Å². The van der Waals surface area contributed by atoms with E-state index >= 15 is 0 Å². The molecule has 0 aliphatic rings. The molecular weight excluding hydrogens is 495 g/mol. The van der Waals surface area contributed by atoms with Crippen LogP contribution in [0.5, 0.6) is 0 Å². The fourth-order valence-electron chi connectivity index (χ4n) is 3.19. The first kappa shape index (κ1) is 26.9. The zero-order valence-corrected chi connectivity index (χ0v) is 19.2. The molecule has 0 atom stereocenters. The zero-order chi connectivity index (χ0) is 26.9. The number of urea groups is 1. The first-order chi connectivity index (χ1) is 17.7. The summed E-state index contributed by atoms with van der Waals surface area (Å²) in [4.78, 5) is 40.1. The van der Waals surface area contributed by atoms with E-state index in [9.17, 15) is 27.6 Å². The quantitative estimate of drug-likeness (QED) is 0.292. The number of alkyl carbamates (subject to hydrolysis) is 1. The Morgan fingerprint density at radius 2 is 1.62 bits per heavy atom. The standard InChI is InChI=1S/C24H22F3N5O5/c25-16-7-4-14(5-8-16)21-15(13-37-24(35)30-10-11-36-20(33)12-28)6-9-19(31-21)32(23(29)34)22-17(26)2-1-3-18(22)27/h1-9H,10-13,28H2,(H2,29,34)(H,30,35). The lowest BCUT2D eigenvalue weighted by Crippen LogP contribution is -2.33. The van der Waals surface area contributed by atoms with Gasteiger partial charge in [0.25, 0.3) is 0 Å². The molecule has 37 heavy (non-hydrogen) atoms. The number of para-hydroxylation sites is 1. The zero-order valence-electron chi connectivity index (χ0n) is 19.2. The third-order valence-electron chi connectivity index (χ3n) is 4.85. The largest absolute Gasteiger partial charge is 0.463 e. The Morgan fingerprint density at radius 1 is 0.946 bits per heavy atom. The van der Waals surface area contributed by atoms with Gasteiger partial charge in [0.2, 0.25) is 0 Å². The molecule has 0 aliphatic carbocycles. The first-order valence-electron chi connectivity index (χ1n) is 10.8. The second-order valence-electron chi connectivity index (χ2n) is 7.36. The summed E-state index contributed by atoms with van der Waals surface area (Å²) in [6.45, 7) is -0.762. The Balaban J connectivity index is 1.89. The van der Waals surface area contributed by atoms with Gasteiger partial charge in [-0.15, -0.1) is 0 Å². The van der Waals surface area contributed by atoms with Crippen molar-refractivity contribution >= 4 is 29.6 Å². The Bertz CT molecular complexity index is 1270. The number of nitrogens with one attached hydrogen (secondary N) is 1. The molecule has 3 rings (SSSR count). The summed E-state index contributed by atoms with van der Waals surface area (Å²) in [5.41, 5.74) is 10.6. The van der Waals surface area contributed by atoms with Crippen molar-refractivity contribution in [3.8, 4) is 11.3 Å². The fraction of sp³-hybridized carbons (Fsp3) is 0.167. The molecule has 0 spiro atoms. The molecule has 3 amide bonds. The molecule has 0 bridgehead atoms. The number of benzene rings is 2. The van der Waals surface area contributed by atoms with Crippen molar-refractivity contribution in [2.45, 2.75) is 6.61 Å². The summed E-state index contributed by atoms with van der Waals surface area (Å²) in [7, 11) is 0. The van der Waals surface area contributed by atoms with Gasteiger partial charge in [0, 0.05) is 11.1 Å². The number of primary amides is 1. The van der Waals surface area contributed by atoms with Crippen molar-refractivity contribution in [1.82, 2.24) is 10.3 Å². The van der Waals surface area contributed by atoms with Crippen molar-refractivity contribution in [3.63, 3.8) is 0 Å². The Morgan fingerprint density at radius 3 is 2.24 bits per heavy atom. The molecule has 13 heteroatoms. The van der Waals surface area contributed by atoms with Crippen molar-refractivity contribution in [3.05, 3.63) is 77.6 Å². The fourth-order valence-corrected chi connectivity index (χ4v) is 3.19. The summed E-state index contributed by atoms with van der Waals surface area (Å²) < 4.78 is 52.3. The lowest BCUT2D eigenvalue weighted by Gasteiger charge is -2.22. The molecule has 0 fully saturated rings. The predicted molar refractivity (Wildman–Crippen MR) is 126 cm³/mol. The second kappa shape index (κ2) is 12.4. The van der Waals surface area contributed by atoms with Gasteiger partial charge in [-0.25, -0.2) is 32.6 Å². The maximum atomic E-state index is 14.4. The highest BCUT2D eigenvalue weighted by molar-refractivity contribution is 5.98. The summed E-state index contributed by atoms with van der Waals surface area (Å²) in [5.74, 6) is -3.49. The van der Waals surface area contributed by atoms with Crippen LogP contribution in [-0.4, -0.2) is 42.8 Å². The number of ether oxygens (including phenoxy) is 2. The van der Waals surface area contributed by atoms with Gasteiger partial charge in [-0.1, -0.05) is 6.07 Å². The molecule has 194 valence electrons. The van der Waals surface area contributed by atoms with E-state index in [-0.39, 0.29) is 37.8 Å². The number of halogens is 3. The maximum Gasteiger partial charge on any atom is 0.407 e. The highest BCUT2D eigenvalue weighted by Crippen LogP contribution is 2.32. The van der Waals surface area contributed by atoms with E-state index in [0.717, 1.165) is 30.3 Å². The number of anilines is 2. The van der Waals surface area contributed by atoms with Crippen LogP contribution < -0.4 is 21.7 Å². The van der Waals surface area contributed by atoms with E-state index in [0.29, 0.717) is 16.0 Å². The van der Waals surface area contributed by atoms with Crippen LogP contribution in [-0.2, 0) is 20.9 Å². The van der Waals surface area contributed by atoms with Gasteiger partial charge in [0.15, 0.2) is 0 Å². The van der Waals surface area contributed by atoms with Gasteiger partial charge in [-0.05, 0) is 48.5 Å². The van der Waals surface area contributed by atoms with Gasteiger partial charge in [-0.3, -0.25) is 4.79 Å². The lowest BCUT2D eigenvalue weighted by molar-refractivity contribution is -0.141. The molecule has 5 N–H and O–H groups in total. The number of carbonyl (C=O) groups is 3. The number of esters is 1. The van der Waals surface area contributed by atoms with E-state index in [1.165, 1.54) is 24.3 Å². The molecule has 1 aromatic heterocycles. The van der Waals surface area contributed by atoms with Crippen molar-refractivity contribution < 1.29 is 37.0 Å². The van der Waals surface area contributed by atoms with Crippen LogP contribution in [0.2, 0.25) is 0 Å². The number of nitrogens with zero attached hydrogens (tertiary/aromatic N) is 2. The molecule has 0 aliphatic heterocycles. The second-order valence-corrected chi connectivity index (χ2v) is 7.36. The van der Waals surface area contributed by atoms with Crippen LogP contribution >= 0.6 is 0 Å². The minimum absolute atomic E-state index is 0.0334. The third kappa shape index (κ3) is 6.95. The van der Waals surface area contributed by atoms with Gasteiger partial charge in [0.05, 0.1) is 18.8 Å². The van der Waals surface area contributed by atoms with Gasteiger partial charge >= 0.3 is 18.1 Å². The molecule has 2 aromatic carbocycles. The van der Waals surface area contributed by atoms with Crippen LogP contribution in [0.25, 0.3) is 11.3 Å². The van der Waals surface area contributed by atoms with E-state index in [1.54, 1.807) is 0 Å². The van der Waals surface area contributed by atoms with Crippen LogP contribution in [0.15, 0.2) is 54.6 Å². The van der Waals surface area contributed by atoms with E-state index in [2.05, 4.69) is 10.3 Å². The number of amides is 3. The smallest absolute Gasteiger partial charge is 0.407 e. The minimum Gasteiger partial charge on any atom is -0.463 e. The number of nitrogens with two attached hydrogens (primary N) is 2. The molecule has 10 nitrogen and oxygen atoms in total. The Kier molecular flexibility index (Phi) is 9.00. The summed E-state index contributed by atoms with van der Waals surface area (Å²) in [6.07, 6.45) is -0.842. The van der Waals surface area contributed by atoms with Gasteiger partial charge in [0.1, 0.15) is 42.2 Å². The number of rotatable bonds is 9.